The van der Waals surface area contributed by atoms with Crippen molar-refractivity contribution in [2.24, 2.45) is 0 Å². The maximum atomic E-state index is 12.6. The van der Waals surface area contributed by atoms with Crippen LogP contribution in [0.2, 0.25) is 0 Å². The molecule has 0 radical (unpaired) electrons. The predicted octanol–water partition coefficient (Wildman–Crippen LogP) is 0.752. The van der Waals surface area contributed by atoms with E-state index in [0.717, 1.165) is 37.6 Å². The van der Waals surface area contributed by atoms with E-state index in [-0.39, 0.29) is 17.5 Å². The van der Waals surface area contributed by atoms with Gasteiger partial charge in [0.25, 0.3) is 11.8 Å². The van der Waals surface area contributed by atoms with Gasteiger partial charge in [-0.25, -0.2) is 4.98 Å². The lowest BCUT2D eigenvalue weighted by Crippen LogP contribution is -2.42. The van der Waals surface area contributed by atoms with Gasteiger partial charge in [-0.3, -0.25) is 9.59 Å². The number of ether oxygens (including phenoxy) is 2. The molecule has 0 atom stereocenters. The number of fused-ring (bicyclic) bond motifs is 1. The summed E-state index contributed by atoms with van der Waals surface area (Å²) in [5.74, 6) is -0.154. The van der Waals surface area contributed by atoms with E-state index in [1.165, 1.54) is 0 Å². The van der Waals surface area contributed by atoms with E-state index < -0.39 is 0 Å². The molecule has 1 saturated heterocycles. The first-order valence-corrected chi connectivity index (χ1v) is 10.2. The number of aromatic nitrogens is 2. The molecule has 9 heteroatoms. The Hall–Kier alpha value is -2.91. The average molecular weight is 413 g/mol. The number of hydrogen-bond donors (Lipinski definition) is 1. The fourth-order valence-corrected chi connectivity index (χ4v) is 3.67. The normalized spacial score (nSPS) is 16.5. The quantitative estimate of drug-likeness (QED) is 0.721. The first-order valence-electron chi connectivity index (χ1n) is 10.2. The number of nitrogens with zero attached hydrogens (tertiary/aromatic N) is 4. The van der Waals surface area contributed by atoms with Gasteiger partial charge in [-0.15, -0.1) is 0 Å². The number of rotatable bonds is 7. The van der Waals surface area contributed by atoms with Gasteiger partial charge in [0.05, 0.1) is 19.8 Å². The minimum atomic E-state index is -0.287. The van der Waals surface area contributed by atoms with Crippen LogP contribution in [-0.4, -0.2) is 79.4 Å². The number of nitrogens with one attached hydrogen (secondary N) is 1. The van der Waals surface area contributed by atoms with Crippen LogP contribution in [0.4, 0.5) is 5.69 Å². The molecule has 2 aliphatic rings. The Morgan fingerprint density at radius 3 is 2.67 bits per heavy atom. The van der Waals surface area contributed by atoms with Gasteiger partial charge in [0.1, 0.15) is 5.69 Å². The Balaban J connectivity index is 1.34. The number of hydrogen-bond acceptors (Lipinski definition) is 6. The first kappa shape index (κ1) is 20.4. The minimum absolute atomic E-state index is 0.170. The van der Waals surface area contributed by atoms with Gasteiger partial charge in [0.2, 0.25) is 0 Å². The molecule has 3 heterocycles. The van der Waals surface area contributed by atoms with Crippen LogP contribution in [-0.2, 0) is 22.6 Å². The van der Waals surface area contributed by atoms with Crippen molar-refractivity contribution in [3.8, 4) is 0 Å². The standard InChI is InChI=1S/C21H27N5O4/c1-29-11-8-25-6-7-26-15-18(23-19(26)21(25)28)20(27)22-14-16-2-4-17(5-3-16)24-9-12-30-13-10-24/h2-5,15H,6-14H2,1H3,(H,22,27). The second-order valence-electron chi connectivity index (χ2n) is 7.38. The number of carbonyl (C=O) groups excluding carboxylic acids is 2. The van der Waals surface area contributed by atoms with Crippen molar-refractivity contribution in [2.45, 2.75) is 13.1 Å². The molecule has 4 rings (SSSR count). The number of benzene rings is 1. The molecular weight excluding hydrogens is 386 g/mol. The van der Waals surface area contributed by atoms with E-state index in [1.54, 1.807) is 22.8 Å². The molecule has 2 aromatic rings. The lowest BCUT2D eigenvalue weighted by atomic mass is 10.2. The molecule has 1 aromatic heterocycles. The Morgan fingerprint density at radius 1 is 1.17 bits per heavy atom. The average Bonchev–Trinajstić information content (AvgIpc) is 3.23. The molecule has 2 aliphatic heterocycles. The van der Waals surface area contributed by atoms with Crippen LogP contribution < -0.4 is 10.2 Å². The van der Waals surface area contributed by atoms with Gasteiger partial charge in [-0.2, -0.15) is 0 Å². The summed E-state index contributed by atoms with van der Waals surface area (Å²) in [4.78, 5) is 33.4. The summed E-state index contributed by atoms with van der Waals surface area (Å²) in [5.41, 5.74) is 2.43. The number of carbonyl (C=O) groups is 2. The molecule has 0 aliphatic carbocycles. The summed E-state index contributed by atoms with van der Waals surface area (Å²) in [6.45, 7) is 5.88. The fourth-order valence-electron chi connectivity index (χ4n) is 3.67. The Bertz CT molecular complexity index is 889. The second kappa shape index (κ2) is 9.27. The van der Waals surface area contributed by atoms with E-state index in [0.29, 0.717) is 38.6 Å². The van der Waals surface area contributed by atoms with Crippen molar-refractivity contribution >= 4 is 17.5 Å². The van der Waals surface area contributed by atoms with Gasteiger partial charge >= 0.3 is 0 Å². The molecule has 1 aromatic carbocycles. The fraction of sp³-hybridized carbons (Fsp3) is 0.476. The van der Waals surface area contributed by atoms with Crippen molar-refractivity contribution in [1.29, 1.82) is 0 Å². The first-order chi connectivity index (χ1) is 14.7. The van der Waals surface area contributed by atoms with Gasteiger partial charge in [-0.1, -0.05) is 12.1 Å². The molecule has 1 N–H and O–H groups in total. The van der Waals surface area contributed by atoms with Gasteiger partial charge in [0, 0.05) is 58.3 Å². The number of morpholine rings is 1. The van der Waals surface area contributed by atoms with Crippen LogP contribution >= 0.6 is 0 Å². The van der Waals surface area contributed by atoms with E-state index >= 15 is 0 Å². The number of amides is 2. The Morgan fingerprint density at radius 2 is 1.93 bits per heavy atom. The lowest BCUT2D eigenvalue weighted by molar-refractivity contribution is 0.0633. The topological polar surface area (TPSA) is 88.9 Å². The third kappa shape index (κ3) is 4.47. The van der Waals surface area contributed by atoms with Crippen LogP contribution in [0.25, 0.3) is 0 Å². The maximum Gasteiger partial charge on any atom is 0.290 e. The Kier molecular flexibility index (Phi) is 6.29. The molecule has 0 unspecified atom stereocenters. The zero-order chi connectivity index (χ0) is 20.9. The third-order valence-corrected chi connectivity index (χ3v) is 5.43. The molecule has 2 amide bonds. The van der Waals surface area contributed by atoms with Crippen LogP contribution in [0.15, 0.2) is 30.5 Å². The van der Waals surface area contributed by atoms with Crippen molar-refractivity contribution in [3.05, 3.63) is 47.5 Å². The molecule has 1 fully saturated rings. The van der Waals surface area contributed by atoms with Gasteiger partial charge < -0.3 is 29.2 Å². The highest BCUT2D eigenvalue weighted by Gasteiger charge is 2.28. The van der Waals surface area contributed by atoms with E-state index in [1.807, 2.05) is 12.1 Å². The molecule has 9 nitrogen and oxygen atoms in total. The zero-order valence-corrected chi connectivity index (χ0v) is 17.2. The van der Waals surface area contributed by atoms with Gasteiger partial charge in [0.15, 0.2) is 5.82 Å². The highest BCUT2D eigenvalue weighted by Crippen LogP contribution is 2.17. The summed E-state index contributed by atoms with van der Waals surface area (Å²) in [7, 11) is 1.61. The largest absolute Gasteiger partial charge is 0.383 e. The molecule has 160 valence electrons. The predicted molar refractivity (Wildman–Crippen MR) is 111 cm³/mol. The van der Waals surface area contributed by atoms with E-state index in [2.05, 4.69) is 27.3 Å². The summed E-state index contributed by atoms with van der Waals surface area (Å²) >= 11 is 0. The Labute approximate surface area is 175 Å². The lowest BCUT2D eigenvalue weighted by Gasteiger charge is -2.28. The van der Waals surface area contributed by atoms with Gasteiger partial charge in [-0.05, 0) is 17.7 Å². The molecule has 0 saturated carbocycles. The zero-order valence-electron chi connectivity index (χ0n) is 17.2. The number of anilines is 1. The highest BCUT2D eigenvalue weighted by atomic mass is 16.5. The number of methoxy groups -OCH3 is 1. The van der Waals surface area contributed by atoms with Crippen molar-refractivity contribution in [3.63, 3.8) is 0 Å². The van der Waals surface area contributed by atoms with E-state index in [4.69, 9.17) is 9.47 Å². The minimum Gasteiger partial charge on any atom is -0.383 e. The van der Waals surface area contributed by atoms with Crippen LogP contribution in [0, 0.1) is 0 Å². The van der Waals surface area contributed by atoms with Crippen molar-refractivity contribution in [1.82, 2.24) is 19.8 Å². The summed E-state index contributed by atoms with van der Waals surface area (Å²) < 4.78 is 12.2. The van der Waals surface area contributed by atoms with E-state index in [9.17, 15) is 9.59 Å². The smallest absolute Gasteiger partial charge is 0.290 e. The highest BCUT2D eigenvalue weighted by molar-refractivity contribution is 5.96. The molecule has 0 spiro atoms. The number of imidazole rings is 1. The van der Waals surface area contributed by atoms with Crippen molar-refractivity contribution < 1.29 is 19.1 Å². The van der Waals surface area contributed by atoms with Crippen LogP contribution in [0.5, 0.6) is 0 Å². The monoisotopic (exact) mass is 413 g/mol. The van der Waals surface area contributed by atoms with Crippen molar-refractivity contribution in [2.75, 3.05) is 58.0 Å². The SMILES string of the molecule is COCCN1CCn2cc(C(=O)NCc3ccc(N4CCOCC4)cc3)nc2C1=O. The second-order valence-corrected chi connectivity index (χ2v) is 7.38. The maximum absolute atomic E-state index is 12.6. The summed E-state index contributed by atoms with van der Waals surface area (Å²) in [6, 6.07) is 8.16. The molecular formula is C21H27N5O4. The van der Waals surface area contributed by atoms with Crippen LogP contribution in [0.1, 0.15) is 26.7 Å². The summed E-state index contributed by atoms with van der Waals surface area (Å²) in [6.07, 6.45) is 1.65. The van der Waals surface area contributed by atoms with Crippen LogP contribution in [0.3, 0.4) is 0 Å². The molecule has 0 bridgehead atoms. The third-order valence-electron chi connectivity index (χ3n) is 5.43. The molecule has 30 heavy (non-hydrogen) atoms. The summed E-state index contributed by atoms with van der Waals surface area (Å²) in [5, 5.41) is 2.89.